The Balaban J connectivity index is 1.55. The number of aryl methyl sites for hydroxylation is 1. The van der Waals surface area contributed by atoms with E-state index in [1.165, 1.54) is 0 Å². The van der Waals surface area contributed by atoms with Gasteiger partial charge < -0.3 is 5.32 Å². The second-order valence-corrected chi connectivity index (χ2v) is 8.75. The maximum absolute atomic E-state index is 12.3. The number of likely N-dealkylation sites (N-methyl/N-ethyl adjacent to an activating group) is 1. The predicted molar refractivity (Wildman–Crippen MR) is 102 cm³/mol. The summed E-state index contributed by atoms with van der Waals surface area (Å²) >= 11 is 1.55. The maximum atomic E-state index is 12.3. The van der Waals surface area contributed by atoms with Gasteiger partial charge in [-0.1, -0.05) is 0 Å². The number of nitrogens with zero attached hydrogens (tertiary/aromatic N) is 4. The Kier molecular flexibility index (Phi) is 4.58. The lowest BCUT2D eigenvalue weighted by atomic mass is 9.86. The molecule has 4 rings (SSSR count). The van der Waals surface area contributed by atoms with Crippen LogP contribution in [0, 0.1) is 6.92 Å². The number of amides is 1. The molecular formula is C18H25N5O2S. The molecule has 0 bridgehead atoms. The van der Waals surface area contributed by atoms with Crippen LogP contribution in [0.1, 0.15) is 29.8 Å². The molecular weight excluding hydrogens is 350 g/mol. The van der Waals surface area contributed by atoms with Crippen LogP contribution < -0.4 is 10.9 Å². The van der Waals surface area contributed by atoms with Gasteiger partial charge >= 0.3 is 0 Å². The highest BCUT2D eigenvalue weighted by atomic mass is 32.1. The SMILES string of the molecule is Cc1cn2c(=O)cc(CN3CCN(C)C4(CCNC(=O)CC4)C3)nc2s1. The number of nitrogens with one attached hydrogen (secondary N) is 1. The van der Waals surface area contributed by atoms with Gasteiger partial charge in [0.15, 0.2) is 4.96 Å². The van der Waals surface area contributed by atoms with Gasteiger partial charge in [0.25, 0.3) is 5.56 Å². The molecule has 2 aromatic heterocycles. The highest BCUT2D eigenvalue weighted by Gasteiger charge is 2.40. The molecule has 0 radical (unpaired) electrons. The first-order valence-corrected chi connectivity index (χ1v) is 9.96. The molecule has 2 saturated heterocycles. The topological polar surface area (TPSA) is 70.0 Å². The summed E-state index contributed by atoms with van der Waals surface area (Å²) < 4.78 is 1.62. The number of hydrogen-bond acceptors (Lipinski definition) is 6. The third-order valence-corrected chi connectivity index (χ3v) is 6.63. The Bertz CT molecular complexity index is 891. The monoisotopic (exact) mass is 375 g/mol. The van der Waals surface area contributed by atoms with Crippen molar-refractivity contribution in [2.45, 2.75) is 38.3 Å². The Morgan fingerprint density at radius 3 is 3.00 bits per heavy atom. The lowest BCUT2D eigenvalue weighted by Gasteiger charge is -2.49. The van der Waals surface area contributed by atoms with Crippen molar-refractivity contribution in [3.8, 4) is 0 Å². The van der Waals surface area contributed by atoms with Gasteiger partial charge in [-0.2, -0.15) is 0 Å². The molecule has 8 heteroatoms. The molecule has 2 aliphatic rings. The zero-order chi connectivity index (χ0) is 18.3. The summed E-state index contributed by atoms with van der Waals surface area (Å²) in [4.78, 5) is 35.4. The number of hydrogen-bond donors (Lipinski definition) is 1. The fraction of sp³-hybridized carbons (Fsp3) is 0.611. The molecule has 1 amide bonds. The first kappa shape index (κ1) is 17.6. The molecule has 1 atom stereocenters. The number of rotatable bonds is 2. The molecule has 1 N–H and O–H groups in total. The number of carbonyl (C=O) groups excluding carboxylic acids is 1. The summed E-state index contributed by atoms with van der Waals surface area (Å²) in [6, 6.07) is 1.66. The minimum Gasteiger partial charge on any atom is -0.356 e. The van der Waals surface area contributed by atoms with E-state index in [1.54, 1.807) is 21.8 Å². The summed E-state index contributed by atoms with van der Waals surface area (Å²) in [5, 5.41) is 2.99. The van der Waals surface area contributed by atoms with Crippen LogP contribution in [-0.4, -0.2) is 63.9 Å². The van der Waals surface area contributed by atoms with Crippen LogP contribution in [0.5, 0.6) is 0 Å². The molecule has 0 aliphatic carbocycles. The van der Waals surface area contributed by atoms with E-state index in [0.717, 1.165) is 54.6 Å². The number of aromatic nitrogens is 2. The van der Waals surface area contributed by atoms with Crippen LogP contribution in [0.2, 0.25) is 0 Å². The standard InChI is InChI=1S/C18H25N5O2S/c1-13-10-23-16(25)9-14(20-17(23)26-13)11-22-8-7-21(2)18(12-22)4-3-15(24)19-6-5-18/h9-10H,3-8,11-12H2,1-2H3,(H,19,24). The lowest BCUT2D eigenvalue weighted by molar-refractivity contribution is -0.121. The van der Waals surface area contributed by atoms with Crippen molar-refractivity contribution in [2.24, 2.45) is 0 Å². The van der Waals surface area contributed by atoms with Crippen LogP contribution in [0.15, 0.2) is 17.1 Å². The summed E-state index contributed by atoms with van der Waals surface area (Å²) in [5.41, 5.74) is 0.845. The first-order valence-electron chi connectivity index (χ1n) is 9.14. The van der Waals surface area contributed by atoms with E-state index in [9.17, 15) is 9.59 Å². The van der Waals surface area contributed by atoms with E-state index >= 15 is 0 Å². The van der Waals surface area contributed by atoms with Gasteiger partial charge in [0.2, 0.25) is 5.91 Å². The third kappa shape index (κ3) is 3.28. The van der Waals surface area contributed by atoms with E-state index in [1.807, 2.05) is 13.1 Å². The predicted octanol–water partition coefficient (Wildman–Crippen LogP) is 0.851. The van der Waals surface area contributed by atoms with E-state index in [0.29, 0.717) is 13.0 Å². The van der Waals surface area contributed by atoms with Crippen LogP contribution >= 0.6 is 11.3 Å². The average molecular weight is 375 g/mol. The van der Waals surface area contributed by atoms with Crippen molar-refractivity contribution >= 4 is 22.2 Å². The zero-order valence-electron chi connectivity index (χ0n) is 15.3. The van der Waals surface area contributed by atoms with Crippen molar-refractivity contribution in [1.29, 1.82) is 0 Å². The third-order valence-electron chi connectivity index (χ3n) is 5.73. The van der Waals surface area contributed by atoms with E-state index < -0.39 is 0 Å². The van der Waals surface area contributed by atoms with Crippen LogP contribution in [0.3, 0.4) is 0 Å². The van der Waals surface area contributed by atoms with Crippen LogP contribution in [0.25, 0.3) is 4.96 Å². The molecule has 140 valence electrons. The van der Waals surface area contributed by atoms with Gasteiger partial charge in [0, 0.05) is 61.8 Å². The average Bonchev–Trinajstić information content (AvgIpc) is 2.87. The number of fused-ring (bicyclic) bond motifs is 1. The quantitative estimate of drug-likeness (QED) is 0.843. The fourth-order valence-corrected chi connectivity index (χ4v) is 5.03. The van der Waals surface area contributed by atoms with E-state index in [4.69, 9.17) is 4.98 Å². The smallest absolute Gasteiger partial charge is 0.258 e. The molecule has 2 fully saturated rings. The fourth-order valence-electron chi connectivity index (χ4n) is 4.18. The zero-order valence-corrected chi connectivity index (χ0v) is 16.1. The Hall–Kier alpha value is -1.77. The Morgan fingerprint density at radius 2 is 2.15 bits per heavy atom. The summed E-state index contributed by atoms with van der Waals surface area (Å²) in [5.74, 6) is 0.153. The maximum Gasteiger partial charge on any atom is 0.258 e. The number of carbonyl (C=O) groups is 1. The van der Waals surface area contributed by atoms with Crippen molar-refractivity contribution in [2.75, 3.05) is 33.2 Å². The second-order valence-electron chi connectivity index (χ2n) is 7.54. The molecule has 2 aliphatic heterocycles. The molecule has 7 nitrogen and oxygen atoms in total. The van der Waals surface area contributed by atoms with Crippen molar-refractivity contribution in [3.63, 3.8) is 0 Å². The van der Waals surface area contributed by atoms with Crippen LogP contribution in [-0.2, 0) is 11.3 Å². The van der Waals surface area contributed by atoms with Crippen LogP contribution in [0.4, 0.5) is 0 Å². The van der Waals surface area contributed by atoms with Crippen molar-refractivity contribution in [1.82, 2.24) is 24.5 Å². The van der Waals surface area contributed by atoms with E-state index in [-0.39, 0.29) is 17.0 Å². The van der Waals surface area contributed by atoms with Crippen molar-refractivity contribution in [3.05, 3.63) is 33.2 Å². The normalized spacial score (nSPS) is 25.5. The Morgan fingerprint density at radius 1 is 1.31 bits per heavy atom. The highest BCUT2D eigenvalue weighted by molar-refractivity contribution is 7.16. The second kappa shape index (κ2) is 6.75. The van der Waals surface area contributed by atoms with Gasteiger partial charge in [-0.3, -0.25) is 23.8 Å². The molecule has 26 heavy (non-hydrogen) atoms. The molecule has 1 spiro atoms. The molecule has 2 aromatic rings. The van der Waals surface area contributed by atoms with Crippen molar-refractivity contribution < 1.29 is 4.79 Å². The summed E-state index contributed by atoms with van der Waals surface area (Å²) in [6.45, 7) is 6.22. The van der Waals surface area contributed by atoms with Gasteiger partial charge in [0.1, 0.15) is 0 Å². The molecule has 0 saturated carbocycles. The van der Waals surface area contributed by atoms with Gasteiger partial charge in [-0.15, -0.1) is 11.3 Å². The molecule has 0 aromatic carbocycles. The van der Waals surface area contributed by atoms with Gasteiger partial charge in [-0.05, 0) is 26.8 Å². The van der Waals surface area contributed by atoms with Gasteiger partial charge in [-0.25, -0.2) is 4.98 Å². The minimum absolute atomic E-state index is 0.0116. The molecule has 1 unspecified atom stereocenters. The van der Waals surface area contributed by atoms with E-state index in [2.05, 4.69) is 22.2 Å². The highest BCUT2D eigenvalue weighted by Crippen LogP contribution is 2.30. The summed E-state index contributed by atoms with van der Waals surface area (Å²) in [7, 11) is 2.16. The first-order chi connectivity index (χ1) is 12.4. The summed E-state index contributed by atoms with van der Waals surface area (Å²) in [6.07, 6.45) is 4.27. The largest absolute Gasteiger partial charge is 0.356 e. The Labute approximate surface area is 156 Å². The van der Waals surface area contributed by atoms with Gasteiger partial charge in [0.05, 0.1) is 5.69 Å². The minimum atomic E-state index is -0.0116. The number of thiazole rings is 1. The molecule has 4 heterocycles. The lowest BCUT2D eigenvalue weighted by Crippen LogP contribution is -2.60. The number of piperazine rings is 1.